The number of piperazine rings is 1. The minimum atomic E-state index is -1.05. The summed E-state index contributed by atoms with van der Waals surface area (Å²) in [6, 6.07) is 9.73. The number of carbonyl (C=O) groups is 5. The van der Waals surface area contributed by atoms with Crippen molar-refractivity contribution in [3.05, 3.63) is 94.7 Å². The second-order valence-corrected chi connectivity index (χ2v) is 20.2. The van der Waals surface area contributed by atoms with E-state index in [2.05, 4.69) is 42.9 Å². The van der Waals surface area contributed by atoms with Crippen LogP contribution >= 0.6 is 0 Å². The van der Waals surface area contributed by atoms with Gasteiger partial charge in [0.25, 0.3) is 11.8 Å². The molecule has 8 heterocycles. The minimum absolute atomic E-state index is 0.0326. The molecular weight excluding hydrogens is 941 g/mol. The summed E-state index contributed by atoms with van der Waals surface area (Å²) in [7, 11) is 1.66. The maximum Gasteiger partial charge on any atom is 0.409 e. The number of aromatic hydroxyl groups is 1. The summed E-state index contributed by atoms with van der Waals surface area (Å²) < 4.78 is 44.8. The molecule has 4 unspecified atom stereocenters. The first-order chi connectivity index (χ1) is 35.2. The van der Waals surface area contributed by atoms with E-state index in [0.717, 1.165) is 23.3 Å². The van der Waals surface area contributed by atoms with Crippen molar-refractivity contribution in [3.8, 4) is 35.4 Å². The number of pyridine rings is 1. The average molecular weight is 994 g/mol. The second kappa shape index (κ2) is 18.8. The van der Waals surface area contributed by atoms with Crippen molar-refractivity contribution in [3.63, 3.8) is 0 Å². The Labute approximate surface area is 418 Å². The van der Waals surface area contributed by atoms with Crippen LogP contribution in [0.1, 0.15) is 89.6 Å². The van der Waals surface area contributed by atoms with Crippen LogP contribution in [0.3, 0.4) is 0 Å². The Morgan fingerprint density at radius 1 is 1.03 bits per heavy atom. The lowest BCUT2D eigenvalue weighted by molar-refractivity contribution is -0.136. The lowest BCUT2D eigenvalue weighted by Crippen LogP contribution is -2.54. The quantitative estimate of drug-likeness (QED) is 0.0555. The number of terminal acetylenes is 1. The van der Waals surface area contributed by atoms with Gasteiger partial charge in [0.15, 0.2) is 5.82 Å². The Bertz CT molecular complexity index is 3220. The molecule has 0 aliphatic carbocycles. The maximum absolute atomic E-state index is 17.2. The molecule has 0 radical (unpaired) electrons. The van der Waals surface area contributed by atoms with Crippen molar-refractivity contribution in [2.24, 2.45) is 0 Å². The summed E-state index contributed by atoms with van der Waals surface area (Å²) in [5.74, 6) is -0.988. The molecule has 5 atom stereocenters. The summed E-state index contributed by atoms with van der Waals surface area (Å²) in [6.07, 6.45) is 12.6. The molecule has 0 saturated carbocycles. The topological polar surface area (TPSA) is 200 Å². The molecule has 5 amide bonds. The van der Waals surface area contributed by atoms with E-state index in [1.165, 1.54) is 35.4 Å². The van der Waals surface area contributed by atoms with Crippen LogP contribution in [0, 0.1) is 24.0 Å². The molecular formula is C54H53F2N9O8. The van der Waals surface area contributed by atoms with E-state index >= 15 is 8.78 Å². The number of halogens is 2. The lowest BCUT2D eigenvalue weighted by Gasteiger charge is -2.35. The highest BCUT2D eigenvalue weighted by Crippen LogP contribution is 2.45. The molecule has 2 aromatic heterocycles. The number of nitrogens with one attached hydrogen (secondary N) is 2. The first kappa shape index (κ1) is 47.7. The molecule has 6 aliphatic heterocycles. The Hall–Kier alpha value is -7.56. The summed E-state index contributed by atoms with van der Waals surface area (Å²) >= 11 is 0. The van der Waals surface area contributed by atoms with Crippen LogP contribution in [0.4, 0.5) is 19.4 Å². The van der Waals surface area contributed by atoms with Gasteiger partial charge < -0.3 is 29.7 Å². The molecule has 17 nitrogen and oxygen atoms in total. The predicted octanol–water partition coefficient (Wildman–Crippen LogP) is 5.79. The monoisotopic (exact) mass is 993 g/mol. The molecule has 5 saturated heterocycles. The van der Waals surface area contributed by atoms with Crippen LogP contribution in [0.15, 0.2) is 60.8 Å². The van der Waals surface area contributed by atoms with Gasteiger partial charge in [0, 0.05) is 74.9 Å². The highest BCUT2D eigenvalue weighted by Gasteiger charge is 2.52. The SMILES string of the molecule is C#Cc1c(F)ccc2cc(O)cc(-c3ncc4c(N5CC6CCC(C5)N6)nc(OCC56CC[C@@H](COC(=O)N(C)CCCCc7cccc8c7C(=O)N(C7CCC(=O)NC7=O)C8=O)N5CC(=C)C6)nc4c3F)c12. The summed E-state index contributed by atoms with van der Waals surface area (Å²) in [5, 5.41) is 17.6. The number of amides is 5. The smallest absolute Gasteiger partial charge is 0.409 e. The standard InChI is InChI=1S/C54H53F2N9O8/c1-4-36-40(55)14-11-31-20-35(66)21-38(43(31)36)46-45(56)47-39(23-57-46)48(63-25-32-12-13-33(26-63)58-32)61-52(60-47)73-28-54-18-17-34(64(54)24-29(2)22-54)27-72-53(71)62(3)19-6-5-8-30-9-7-10-37-44(30)51(70)65(50(37)69)41-15-16-42(67)59-49(41)68/h1,7,9-11,14,20-21,23,32-34,41,58,66H,2,5-6,8,12-13,15-19,22,24-28H2,3H3,(H,59,67,68)/t32?,33?,34-,41?,54?/m0/s1. The summed E-state index contributed by atoms with van der Waals surface area (Å²) in [4.78, 5) is 85.5. The lowest BCUT2D eigenvalue weighted by atomic mass is 9.94. The number of nitrogens with zero attached hydrogens (tertiary/aromatic N) is 7. The molecule has 19 heteroatoms. The Morgan fingerprint density at radius 2 is 1.84 bits per heavy atom. The van der Waals surface area contributed by atoms with Gasteiger partial charge >= 0.3 is 12.1 Å². The number of fused-ring (bicyclic) bond motifs is 6. The minimum Gasteiger partial charge on any atom is -0.508 e. The van der Waals surface area contributed by atoms with Crippen molar-refractivity contribution in [1.29, 1.82) is 0 Å². The largest absolute Gasteiger partial charge is 0.508 e. The van der Waals surface area contributed by atoms with Crippen LogP contribution < -0.4 is 20.3 Å². The number of hydrogen-bond donors (Lipinski definition) is 3. The number of rotatable bonds is 13. The van der Waals surface area contributed by atoms with Gasteiger partial charge in [0.2, 0.25) is 11.8 Å². The van der Waals surface area contributed by atoms with Crippen LogP contribution in [-0.4, -0.2) is 141 Å². The number of hydrogen-bond acceptors (Lipinski definition) is 14. The van der Waals surface area contributed by atoms with Crippen molar-refractivity contribution >= 4 is 57.2 Å². The van der Waals surface area contributed by atoms with Crippen LogP contribution in [0.25, 0.3) is 32.9 Å². The molecule has 0 spiro atoms. The number of piperidine rings is 1. The van der Waals surface area contributed by atoms with E-state index in [9.17, 15) is 29.1 Å². The number of aromatic nitrogens is 3. The summed E-state index contributed by atoms with van der Waals surface area (Å²) in [5.41, 5.74) is 1.45. The van der Waals surface area contributed by atoms with Crippen LogP contribution in [0.5, 0.6) is 11.8 Å². The first-order valence-corrected chi connectivity index (χ1v) is 24.8. The first-order valence-electron chi connectivity index (χ1n) is 24.8. The third-order valence-corrected chi connectivity index (χ3v) is 15.5. The number of unbranched alkanes of at least 4 members (excludes halogenated alkanes) is 1. The van der Waals surface area contributed by atoms with Crippen molar-refractivity contribution in [1.82, 2.24) is 40.3 Å². The molecule has 5 aromatic rings. The van der Waals surface area contributed by atoms with Gasteiger partial charge in [-0.25, -0.2) is 13.6 Å². The van der Waals surface area contributed by atoms with E-state index in [1.54, 1.807) is 25.2 Å². The van der Waals surface area contributed by atoms with E-state index in [0.29, 0.717) is 86.9 Å². The number of ether oxygens (including phenoxy) is 2. The van der Waals surface area contributed by atoms with Gasteiger partial charge in [-0.15, -0.1) is 6.42 Å². The van der Waals surface area contributed by atoms with E-state index < -0.39 is 52.9 Å². The predicted molar refractivity (Wildman–Crippen MR) is 264 cm³/mol. The number of carbonyl (C=O) groups excluding carboxylic acids is 5. The van der Waals surface area contributed by atoms with E-state index in [4.69, 9.17) is 20.9 Å². The van der Waals surface area contributed by atoms with Crippen LogP contribution in [-0.2, 0) is 20.7 Å². The number of aryl methyl sites for hydroxylation is 1. The van der Waals surface area contributed by atoms with E-state index in [-0.39, 0.29) is 94.8 Å². The van der Waals surface area contributed by atoms with Gasteiger partial charge in [-0.05, 0) is 93.0 Å². The zero-order valence-corrected chi connectivity index (χ0v) is 40.2. The van der Waals surface area contributed by atoms with Crippen molar-refractivity contribution < 1.29 is 47.3 Å². The molecule has 5 fully saturated rings. The number of phenolic OH excluding ortho intramolecular Hbond substituents is 1. The Kier molecular flexibility index (Phi) is 12.3. The Morgan fingerprint density at radius 3 is 2.62 bits per heavy atom. The zero-order valence-electron chi connectivity index (χ0n) is 40.2. The third kappa shape index (κ3) is 8.55. The van der Waals surface area contributed by atoms with Gasteiger partial charge in [-0.1, -0.05) is 36.3 Å². The molecule has 73 heavy (non-hydrogen) atoms. The molecule has 6 aliphatic rings. The number of anilines is 1. The third-order valence-electron chi connectivity index (χ3n) is 15.5. The number of phenols is 1. The van der Waals surface area contributed by atoms with Crippen LogP contribution in [0.2, 0.25) is 0 Å². The molecule has 11 rings (SSSR count). The fraction of sp³-hybridized carbons (Fsp3) is 0.407. The molecule has 376 valence electrons. The fourth-order valence-corrected chi connectivity index (χ4v) is 12.0. The summed E-state index contributed by atoms with van der Waals surface area (Å²) in [6.45, 7) is 6.81. The Balaban J connectivity index is 0.761. The van der Waals surface area contributed by atoms with E-state index in [1.807, 2.05) is 0 Å². The fourth-order valence-electron chi connectivity index (χ4n) is 12.0. The highest BCUT2D eigenvalue weighted by atomic mass is 19.1. The molecule has 3 N–H and O–H groups in total. The van der Waals surface area contributed by atoms with Crippen molar-refractivity contribution in [2.45, 2.75) is 93.9 Å². The van der Waals surface area contributed by atoms with Gasteiger partial charge in [0.05, 0.1) is 27.6 Å². The van der Waals surface area contributed by atoms with Gasteiger partial charge in [-0.3, -0.25) is 39.3 Å². The number of benzene rings is 3. The van der Waals surface area contributed by atoms with Gasteiger partial charge in [-0.2, -0.15) is 9.97 Å². The molecule has 2 bridgehead atoms. The highest BCUT2D eigenvalue weighted by molar-refractivity contribution is 6.24. The average Bonchev–Trinajstić information content (AvgIpc) is 4.08. The van der Waals surface area contributed by atoms with Crippen molar-refractivity contribution in [2.75, 3.05) is 51.3 Å². The normalized spacial score (nSPS) is 23.6. The maximum atomic E-state index is 17.2. The molecule has 3 aromatic carbocycles. The number of imide groups is 2. The van der Waals surface area contributed by atoms with Gasteiger partial charge in [0.1, 0.15) is 47.9 Å². The zero-order chi connectivity index (χ0) is 50.9. The second-order valence-electron chi connectivity index (χ2n) is 20.2.